The molecule has 1 aromatic carbocycles. The maximum atomic E-state index is 13.0. The number of likely N-dealkylation sites (N-methyl/N-ethyl adjacent to an activating group) is 1. The lowest BCUT2D eigenvalue weighted by Crippen LogP contribution is -2.40. The molecule has 0 aliphatic carbocycles. The predicted octanol–water partition coefficient (Wildman–Crippen LogP) is 1.67. The van der Waals surface area contributed by atoms with Gasteiger partial charge in [0.25, 0.3) is 5.56 Å². The van der Waals surface area contributed by atoms with Crippen molar-refractivity contribution in [2.75, 3.05) is 26.0 Å². The molecule has 0 unspecified atom stereocenters. The number of carbonyl (C=O) groups excluding carboxylic acids is 2. The van der Waals surface area contributed by atoms with Crippen molar-refractivity contribution in [3.05, 3.63) is 49.4 Å². The highest BCUT2D eigenvalue weighted by Gasteiger charge is 2.14. The molecule has 0 aliphatic heterocycles. The van der Waals surface area contributed by atoms with Crippen LogP contribution in [0.25, 0.3) is 12.2 Å². The minimum absolute atomic E-state index is 0.110. The van der Waals surface area contributed by atoms with Gasteiger partial charge >= 0.3 is 5.97 Å². The maximum Gasteiger partial charge on any atom is 0.333 e. The fourth-order valence-electron chi connectivity index (χ4n) is 2.74. The van der Waals surface area contributed by atoms with E-state index in [1.807, 2.05) is 44.4 Å². The normalized spacial score (nSPS) is 12.3. The van der Waals surface area contributed by atoms with Gasteiger partial charge in [-0.3, -0.25) is 14.2 Å². The lowest BCUT2D eigenvalue weighted by molar-refractivity contribution is -0.135. The number of thioether (sulfide) groups is 1. The quantitative estimate of drug-likeness (QED) is 0.467. The number of esters is 1. The summed E-state index contributed by atoms with van der Waals surface area (Å²) in [6, 6.07) is 7.84. The first-order chi connectivity index (χ1) is 13.9. The Bertz CT molecular complexity index is 1020. The van der Waals surface area contributed by atoms with Gasteiger partial charge < -0.3 is 9.64 Å². The van der Waals surface area contributed by atoms with E-state index in [0.29, 0.717) is 22.3 Å². The number of thiazole rings is 1. The third kappa shape index (κ3) is 6.08. The zero-order valence-electron chi connectivity index (χ0n) is 17.1. The SMILES string of the molecule is CCOC(=O)/C=c1/s/c(=C/c2ccc(SC)cc2)c(=O)n1CC(=O)N(CC)CC. The molecule has 1 heterocycles. The molecule has 0 saturated carbocycles. The summed E-state index contributed by atoms with van der Waals surface area (Å²) < 4.78 is 7.20. The van der Waals surface area contributed by atoms with Crippen molar-refractivity contribution in [2.24, 2.45) is 0 Å². The lowest BCUT2D eigenvalue weighted by Gasteiger charge is -2.18. The minimum Gasteiger partial charge on any atom is -0.463 e. The zero-order valence-corrected chi connectivity index (χ0v) is 18.8. The summed E-state index contributed by atoms with van der Waals surface area (Å²) in [6.07, 6.45) is 5.05. The number of nitrogens with zero attached hydrogens (tertiary/aromatic N) is 2. The Balaban J connectivity index is 2.55. The molecule has 0 spiro atoms. The van der Waals surface area contributed by atoms with E-state index in [1.165, 1.54) is 22.0 Å². The van der Waals surface area contributed by atoms with Crippen LogP contribution in [0, 0.1) is 0 Å². The van der Waals surface area contributed by atoms with Gasteiger partial charge in [0.15, 0.2) is 0 Å². The standard InChI is InChI=1S/C21H26N2O4S2/c1-5-22(6-2)18(24)14-23-19(13-20(25)27-7-3)29-17(21(23)26)12-15-8-10-16(28-4)11-9-15/h8-13H,5-7,14H2,1-4H3/b17-12+,19-13+. The number of carbonyl (C=O) groups is 2. The first kappa shape index (κ1) is 23.0. The molecule has 8 heteroatoms. The van der Waals surface area contributed by atoms with Gasteiger partial charge in [0.1, 0.15) is 11.2 Å². The molecular weight excluding hydrogens is 408 g/mol. The van der Waals surface area contributed by atoms with E-state index in [4.69, 9.17) is 4.74 Å². The van der Waals surface area contributed by atoms with Gasteiger partial charge in [-0.15, -0.1) is 23.1 Å². The van der Waals surface area contributed by atoms with Crippen LogP contribution >= 0.6 is 23.1 Å². The van der Waals surface area contributed by atoms with Gasteiger partial charge in [-0.1, -0.05) is 12.1 Å². The van der Waals surface area contributed by atoms with Gasteiger partial charge in [0, 0.05) is 18.0 Å². The van der Waals surface area contributed by atoms with Crippen molar-refractivity contribution in [3.63, 3.8) is 0 Å². The molecule has 156 valence electrons. The predicted molar refractivity (Wildman–Crippen MR) is 119 cm³/mol. The Kier molecular flexibility index (Phi) is 8.72. The van der Waals surface area contributed by atoms with Crippen molar-refractivity contribution in [2.45, 2.75) is 32.2 Å². The first-order valence-electron chi connectivity index (χ1n) is 9.45. The number of rotatable bonds is 8. The van der Waals surface area contributed by atoms with Crippen molar-refractivity contribution in [1.29, 1.82) is 0 Å². The second-order valence-electron chi connectivity index (χ2n) is 6.08. The van der Waals surface area contributed by atoms with E-state index in [2.05, 4.69) is 0 Å². The summed E-state index contributed by atoms with van der Waals surface area (Å²) in [5.41, 5.74) is 0.589. The van der Waals surface area contributed by atoms with Crippen LogP contribution in [-0.2, 0) is 20.9 Å². The Morgan fingerprint density at radius 2 is 1.83 bits per heavy atom. The van der Waals surface area contributed by atoms with Crippen LogP contribution in [0.2, 0.25) is 0 Å². The van der Waals surface area contributed by atoms with Crippen LogP contribution in [0.1, 0.15) is 26.3 Å². The Morgan fingerprint density at radius 1 is 1.17 bits per heavy atom. The molecule has 2 aromatic rings. The Hall–Kier alpha value is -2.32. The molecule has 0 saturated heterocycles. The summed E-state index contributed by atoms with van der Waals surface area (Å²) >= 11 is 2.82. The van der Waals surface area contributed by atoms with Crippen molar-refractivity contribution >= 4 is 47.1 Å². The average molecular weight is 435 g/mol. The second-order valence-corrected chi connectivity index (χ2v) is 8.02. The van der Waals surface area contributed by atoms with E-state index >= 15 is 0 Å². The Morgan fingerprint density at radius 3 is 2.38 bits per heavy atom. The van der Waals surface area contributed by atoms with Crippen LogP contribution in [0.15, 0.2) is 34.0 Å². The number of hydrogen-bond donors (Lipinski definition) is 0. The molecule has 0 atom stereocenters. The number of ether oxygens (including phenoxy) is 1. The van der Waals surface area contributed by atoms with E-state index in [0.717, 1.165) is 10.5 Å². The van der Waals surface area contributed by atoms with Crippen LogP contribution in [0.4, 0.5) is 0 Å². The Labute approximate surface area is 178 Å². The maximum absolute atomic E-state index is 13.0. The summed E-state index contributed by atoms with van der Waals surface area (Å²) in [7, 11) is 0. The van der Waals surface area contributed by atoms with E-state index < -0.39 is 5.97 Å². The number of hydrogen-bond acceptors (Lipinski definition) is 6. The van der Waals surface area contributed by atoms with E-state index in [1.54, 1.807) is 29.7 Å². The van der Waals surface area contributed by atoms with Crippen LogP contribution < -0.4 is 14.8 Å². The average Bonchev–Trinajstić information content (AvgIpc) is 2.98. The second kappa shape index (κ2) is 11.0. The highest BCUT2D eigenvalue weighted by Crippen LogP contribution is 2.14. The fraction of sp³-hybridized carbons (Fsp3) is 0.381. The monoisotopic (exact) mass is 434 g/mol. The molecule has 2 rings (SSSR count). The molecule has 6 nitrogen and oxygen atoms in total. The molecule has 0 aliphatic rings. The summed E-state index contributed by atoms with van der Waals surface area (Å²) in [4.78, 5) is 40.3. The molecule has 0 fully saturated rings. The summed E-state index contributed by atoms with van der Waals surface area (Å²) in [5.74, 6) is -0.696. The summed E-state index contributed by atoms with van der Waals surface area (Å²) in [6.45, 7) is 6.75. The largest absolute Gasteiger partial charge is 0.463 e. The number of aromatic nitrogens is 1. The molecule has 0 N–H and O–H groups in total. The van der Waals surface area contributed by atoms with Crippen LogP contribution in [0.3, 0.4) is 0 Å². The molecule has 29 heavy (non-hydrogen) atoms. The number of benzene rings is 1. The minimum atomic E-state index is -0.534. The molecule has 1 aromatic heterocycles. The zero-order chi connectivity index (χ0) is 21.4. The van der Waals surface area contributed by atoms with Crippen LogP contribution in [0.5, 0.6) is 0 Å². The molecular formula is C21H26N2O4S2. The molecule has 0 bridgehead atoms. The van der Waals surface area contributed by atoms with Crippen molar-refractivity contribution in [3.8, 4) is 0 Å². The van der Waals surface area contributed by atoms with Crippen molar-refractivity contribution in [1.82, 2.24) is 9.47 Å². The third-order valence-corrected chi connectivity index (χ3v) is 6.09. The highest BCUT2D eigenvalue weighted by molar-refractivity contribution is 7.98. The summed E-state index contributed by atoms with van der Waals surface area (Å²) in [5, 5.41) is 0. The van der Waals surface area contributed by atoms with E-state index in [9.17, 15) is 14.4 Å². The van der Waals surface area contributed by atoms with Gasteiger partial charge in [-0.2, -0.15) is 0 Å². The van der Waals surface area contributed by atoms with Crippen molar-refractivity contribution < 1.29 is 14.3 Å². The highest BCUT2D eigenvalue weighted by atomic mass is 32.2. The van der Waals surface area contributed by atoms with Gasteiger partial charge in [-0.05, 0) is 50.8 Å². The topological polar surface area (TPSA) is 68.6 Å². The number of amides is 1. The molecule has 1 amide bonds. The smallest absolute Gasteiger partial charge is 0.333 e. The van der Waals surface area contributed by atoms with Gasteiger partial charge in [0.05, 0.1) is 17.2 Å². The molecule has 0 radical (unpaired) electrons. The third-order valence-electron chi connectivity index (χ3n) is 4.29. The van der Waals surface area contributed by atoms with E-state index in [-0.39, 0.29) is 24.6 Å². The lowest BCUT2D eigenvalue weighted by atomic mass is 10.2. The first-order valence-corrected chi connectivity index (χ1v) is 11.5. The fourth-order valence-corrected chi connectivity index (χ4v) is 4.18. The van der Waals surface area contributed by atoms with Crippen LogP contribution in [-0.4, -0.2) is 47.3 Å². The van der Waals surface area contributed by atoms with Gasteiger partial charge in [0.2, 0.25) is 5.91 Å². The van der Waals surface area contributed by atoms with Gasteiger partial charge in [-0.25, -0.2) is 4.79 Å².